The van der Waals surface area contributed by atoms with Crippen LogP contribution in [0.15, 0.2) is 34.2 Å². The molecule has 0 spiro atoms. The van der Waals surface area contributed by atoms with Gasteiger partial charge in [-0.25, -0.2) is 13.6 Å². The zero-order valence-electron chi connectivity index (χ0n) is 10.5. The minimum atomic E-state index is -3.69. The first-order chi connectivity index (χ1) is 8.48. The van der Waals surface area contributed by atoms with Gasteiger partial charge >= 0.3 is 0 Å². The average molecular weight is 396 g/mol. The summed E-state index contributed by atoms with van der Waals surface area (Å²) in [6, 6.07) is 6.68. The van der Waals surface area contributed by atoms with Gasteiger partial charge in [0.15, 0.2) is 5.96 Å². The maximum Gasteiger partial charge on any atom is 0.238 e. The van der Waals surface area contributed by atoms with Crippen molar-refractivity contribution in [2.24, 2.45) is 10.1 Å². The van der Waals surface area contributed by atoms with E-state index in [2.05, 4.69) is 10.3 Å². The molecule has 1 heterocycles. The van der Waals surface area contributed by atoms with Crippen molar-refractivity contribution < 1.29 is 8.42 Å². The quantitative estimate of drug-likeness (QED) is 0.722. The van der Waals surface area contributed by atoms with Gasteiger partial charge in [0.05, 0.1) is 11.4 Å². The van der Waals surface area contributed by atoms with Crippen LogP contribution in [0.4, 0.5) is 0 Å². The lowest BCUT2D eigenvalue weighted by molar-refractivity contribution is 0.533. The zero-order valence-corrected chi connectivity index (χ0v) is 13.7. The van der Waals surface area contributed by atoms with Crippen molar-refractivity contribution >= 4 is 40.0 Å². The molecule has 0 aromatic heterocycles. The van der Waals surface area contributed by atoms with Gasteiger partial charge in [-0.2, -0.15) is 0 Å². The van der Waals surface area contributed by atoms with Crippen LogP contribution in [-0.4, -0.2) is 39.4 Å². The Labute approximate surface area is 130 Å². The van der Waals surface area contributed by atoms with Gasteiger partial charge in [-0.1, -0.05) is 18.2 Å². The summed E-state index contributed by atoms with van der Waals surface area (Å²) < 4.78 is 22.8. The predicted molar refractivity (Wildman–Crippen MR) is 85.0 cm³/mol. The van der Waals surface area contributed by atoms with E-state index in [9.17, 15) is 8.42 Å². The van der Waals surface area contributed by atoms with E-state index < -0.39 is 10.0 Å². The van der Waals surface area contributed by atoms with Crippen molar-refractivity contribution in [3.63, 3.8) is 0 Å². The van der Waals surface area contributed by atoms with Gasteiger partial charge in [0.1, 0.15) is 0 Å². The zero-order chi connectivity index (χ0) is 13.2. The number of guanidine groups is 1. The number of nitrogens with two attached hydrogens (primary N) is 1. The molecule has 0 unspecified atom stereocenters. The van der Waals surface area contributed by atoms with Gasteiger partial charge in [-0.05, 0) is 11.6 Å². The first-order valence-electron chi connectivity index (χ1n) is 5.58. The molecule has 0 aliphatic carbocycles. The van der Waals surface area contributed by atoms with Crippen LogP contribution >= 0.6 is 24.0 Å². The molecule has 0 fully saturated rings. The maximum atomic E-state index is 11.4. The number of nitrogens with zero attached hydrogens (tertiary/aromatic N) is 2. The number of rotatable bonds is 3. The number of halogens is 1. The maximum absolute atomic E-state index is 11.4. The Balaban J connectivity index is 0.00000180. The first kappa shape index (κ1) is 16.2. The summed E-state index contributed by atoms with van der Waals surface area (Å²) in [4.78, 5) is 6.41. The lowest BCUT2D eigenvalue weighted by atomic mass is 10.2. The van der Waals surface area contributed by atoms with E-state index in [1.165, 1.54) is 6.07 Å². The van der Waals surface area contributed by atoms with E-state index in [1.54, 1.807) is 18.2 Å². The van der Waals surface area contributed by atoms with Crippen LogP contribution < -0.4 is 10.5 Å². The van der Waals surface area contributed by atoms with Crippen molar-refractivity contribution in [2.45, 2.75) is 11.4 Å². The Bertz CT molecular complexity index is 574. The third-order valence-electron chi connectivity index (χ3n) is 2.77. The SMILES string of the molecule is CN1CCN=C1NCc1ccccc1S(N)(=O)=O.I. The highest BCUT2D eigenvalue weighted by atomic mass is 127. The fourth-order valence-electron chi connectivity index (χ4n) is 1.83. The normalized spacial score (nSPS) is 14.8. The Morgan fingerprint density at radius 2 is 2.11 bits per heavy atom. The molecular formula is C11H17IN4O2S. The van der Waals surface area contributed by atoms with Crippen LogP contribution in [-0.2, 0) is 16.6 Å². The van der Waals surface area contributed by atoms with Crippen molar-refractivity contribution in [1.82, 2.24) is 10.2 Å². The van der Waals surface area contributed by atoms with Crippen molar-refractivity contribution in [2.75, 3.05) is 20.1 Å². The Hall–Kier alpha value is -0.870. The fraction of sp³-hybridized carbons (Fsp3) is 0.364. The number of hydrogen-bond donors (Lipinski definition) is 2. The van der Waals surface area contributed by atoms with Crippen molar-refractivity contribution in [3.8, 4) is 0 Å². The van der Waals surface area contributed by atoms with E-state index in [4.69, 9.17) is 5.14 Å². The summed E-state index contributed by atoms with van der Waals surface area (Å²) in [6.45, 7) is 2.02. The molecule has 1 aromatic rings. The molecule has 0 radical (unpaired) electrons. The summed E-state index contributed by atoms with van der Waals surface area (Å²) in [5.41, 5.74) is 0.642. The Morgan fingerprint density at radius 3 is 2.68 bits per heavy atom. The molecule has 0 bridgehead atoms. The number of hydrogen-bond acceptors (Lipinski definition) is 5. The van der Waals surface area contributed by atoms with Gasteiger partial charge in [-0.15, -0.1) is 24.0 Å². The Morgan fingerprint density at radius 1 is 1.42 bits per heavy atom. The summed E-state index contributed by atoms with van der Waals surface area (Å²) in [5, 5.41) is 8.29. The predicted octanol–water partition coefficient (Wildman–Crippen LogP) is 0.343. The highest BCUT2D eigenvalue weighted by molar-refractivity contribution is 14.0. The lowest BCUT2D eigenvalue weighted by Gasteiger charge is -2.16. The van der Waals surface area contributed by atoms with Crippen molar-refractivity contribution in [1.29, 1.82) is 0 Å². The summed E-state index contributed by atoms with van der Waals surface area (Å²) in [5.74, 6) is 0.777. The second kappa shape index (κ2) is 6.53. The minimum Gasteiger partial charge on any atom is -0.352 e. The van der Waals surface area contributed by atoms with E-state index in [0.717, 1.165) is 19.0 Å². The molecule has 0 atom stereocenters. The summed E-state index contributed by atoms with van der Waals surface area (Å²) >= 11 is 0. The van der Waals surface area contributed by atoms with Crippen LogP contribution in [0, 0.1) is 0 Å². The molecule has 0 saturated carbocycles. The second-order valence-electron chi connectivity index (χ2n) is 4.13. The Kier molecular flexibility index (Phi) is 5.56. The highest BCUT2D eigenvalue weighted by Crippen LogP contribution is 2.13. The van der Waals surface area contributed by atoms with Crippen LogP contribution in [0.25, 0.3) is 0 Å². The van der Waals surface area contributed by atoms with Crippen LogP contribution in [0.3, 0.4) is 0 Å². The van der Waals surface area contributed by atoms with Gasteiger partial charge < -0.3 is 10.2 Å². The highest BCUT2D eigenvalue weighted by Gasteiger charge is 2.15. The third-order valence-corrected chi connectivity index (χ3v) is 3.79. The number of nitrogens with one attached hydrogen (secondary N) is 1. The smallest absolute Gasteiger partial charge is 0.238 e. The minimum absolute atomic E-state index is 0. The summed E-state index contributed by atoms with van der Waals surface area (Å²) in [7, 11) is -1.75. The second-order valence-corrected chi connectivity index (χ2v) is 5.66. The molecule has 1 aliphatic heterocycles. The fourth-order valence-corrected chi connectivity index (χ4v) is 2.60. The molecular weight excluding hydrogens is 379 g/mol. The monoisotopic (exact) mass is 396 g/mol. The topological polar surface area (TPSA) is 87.8 Å². The largest absolute Gasteiger partial charge is 0.352 e. The summed E-state index contributed by atoms with van der Waals surface area (Å²) in [6.07, 6.45) is 0. The number of aliphatic imine (C=N–C) groups is 1. The van der Waals surface area contributed by atoms with Gasteiger partial charge in [0, 0.05) is 20.1 Å². The van der Waals surface area contributed by atoms with Crippen LogP contribution in [0.5, 0.6) is 0 Å². The van der Waals surface area contributed by atoms with Crippen LogP contribution in [0.1, 0.15) is 5.56 Å². The number of likely N-dealkylation sites (N-methyl/N-ethyl adjacent to an activating group) is 1. The van der Waals surface area contributed by atoms with Crippen LogP contribution in [0.2, 0.25) is 0 Å². The standard InChI is InChI=1S/C11H16N4O2S.HI/c1-15-7-6-13-11(15)14-8-9-4-2-3-5-10(9)18(12,16)17;/h2-5H,6-8H2,1H3,(H,13,14)(H2,12,16,17);1H. The molecule has 2 rings (SSSR count). The third kappa shape index (κ3) is 4.05. The molecule has 0 amide bonds. The molecule has 0 saturated heterocycles. The number of primary sulfonamides is 1. The first-order valence-corrected chi connectivity index (χ1v) is 7.13. The number of benzene rings is 1. The van der Waals surface area contributed by atoms with Crippen molar-refractivity contribution in [3.05, 3.63) is 29.8 Å². The van der Waals surface area contributed by atoms with Gasteiger partial charge in [0.25, 0.3) is 0 Å². The molecule has 1 aliphatic rings. The average Bonchev–Trinajstić information content (AvgIpc) is 2.71. The van der Waals surface area contributed by atoms with E-state index in [1.807, 2.05) is 11.9 Å². The van der Waals surface area contributed by atoms with Gasteiger partial charge in [0.2, 0.25) is 10.0 Å². The molecule has 3 N–H and O–H groups in total. The van der Waals surface area contributed by atoms with E-state index in [-0.39, 0.29) is 28.9 Å². The molecule has 6 nitrogen and oxygen atoms in total. The van der Waals surface area contributed by atoms with Gasteiger partial charge in [-0.3, -0.25) is 4.99 Å². The molecule has 106 valence electrons. The van der Waals surface area contributed by atoms with E-state index >= 15 is 0 Å². The van der Waals surface area contributed by atoms with E-state index in [0.29, 0.717) is 12.1 Å². The molecule has 19 heavy (non-hydrogen) atoms. The molecule has 1 aromatic carbocycles. The number of sulfonamides is 1. The molecule has 8 heteroatoms. The lowest BCUT2D eigenvalue weighted by Crippen LogP contribution is -2.35.